The molecule has 2 atom stereocenters. The van der Waals surface area contributed by atoms with Crippen LogP contribution in [0.25, 0.3) is 0 Å². The largest absolute Gasteiger partial charge is 0.497 e. The first-order chi connectivity index (χ1) is 18.4. The topological polar surface area (TPSA) is 67.9 Å². The zero-order valence-corrected chi connectivity index (χ0v) is 23.0. The molecule has 2 amide bonds. The molecule has 3 rings (SSSR count). The number of amides is 2. The van der Waals surface area contributed by atoms with Crippen molar-refractivity contribution in [1.29, 1.82) is 0 Å². The zero-order chi connectivity index (χ0) is 27.3. The highest BCUT2D eigenvalue weighted by atomic mass is 16.5. The van der Waals surface area contributed by atoms with Gasteiger partial charge in [-0.1, -0.05) is 67.1 Å². The van der Waals surface area contributed by atoms with Crippen LogP contribution < -0.4 is 14.8 Å². The van der Waals surface area contributed by atoms with Gasteiger partial charge in [0.15, 0.2) is 0 Å². The summed E-state index contributed by atoms with van der Waals surface area (Å²) in [5, 5.41) is 3.11. The number of nitrogens with one attached hydrogen (secondary N) is 1. The van der Waals surface area contributed by atoms with Crippen LogP contribution in [0.4, 0.5) is 0 Å². The van der Waals surface area contributed by atoms with E-state index in [1.54, 1.807) is 12.0 Å². The van der Waals surface area contributed by atoms with Gasteiger partial charge in [0.25, 0.3) is 0 Å². The Morgan fingerprint density at radius 2 is 1.61 bits per heavy atom. The molecule has 202 valence electrons. The molecular formula is C32H40N2O4. The van der Waals surface area contributed by atoms with Crippen LogP contribution >= 0.6 is 0 Å². The molecule has 0 bridgehead atoms. The zero-order valence-electron chi connectivity index (χ0n) is 23.0. The smallest absolute Gasteiger partial charge is 0.243 e. The van der Waals surface area contributed by atoms with Crippen LogP contribution in [0, 0.1) is 6.92 Å². The van der Waals surface area contributed by atoms with Crippen LogP contribution in [-0.4, -0.2) is 42.5 Å². The van der Waals surface area contributed by atoms with E-state index in [-0.39, 0.29) is 24.3 Å². The number of ether oxygens (including phenoxy) is 2. The van der Waals surface area contributed by atoms with Gasteiger partial charge in [-0.15, -0.1) is 0 Å². The fraction of sp³-hybridized carbons (Fsp3) is 0.375. The van der Waals surface area contributed by atoms with Crippen LogP contribution in [0.15, 0.2) is 78.9 Å². The minimum Gasteiger partial charge on any atom is -0.497 e. The molecule has 0 saturated carbocycles. The lowest BCUT2D eigenvalue weighted by Gasteiger charge is -2.32. The number of hydrogen-bond donors (Lipinski definition) is 1. The highest BCUT2D eigenvalue weighted by Crippen LogP contribution is 2.19. The highest BCUT2D eigenvalue weighted by Gasteiger charge is 2.30. The SMILES string of the molecule is CC[C@@H](C)NC(=O)[C@H](Cc1ccccc1)N(Cc1cccc(C)c1)C(=O)CCCOc1ccc(OC)cc1. The van der Waals surface area contributed by atoms with Crippen molar-refractivity contribution in [3.63, 3.8) is 0 Å². The molecule has 6 heteroatoms. The van der Waals surface area contributed by atoms with E-state index in [0.29, 0.717) is 26.0 Å². The Balaban J connectivity index is 1.78. The Kier molecular flexibility index (Phi) is 11.2. The molecule has 38 heavy (non-hydrogen) atoms. The maximum Gasteiger partial charge on any atom is 0.243 e. The third kappa shape index (κ3) is 8.94. The quantitative estimate of drug-likeness (QED) is 0.278. The third-order valence-corrected chi connectivity index (χ3v) is 6.57. The summed E-state index contributed by atoms with van der Waals surface area (Å²) in [7, 11) is 1.62. The molecule has 3 aromatic rings. The number of carbonyl (C=O) groups excluding carboxylic acids is 2. The van der Waals surface area contributed by atoms with Gasteiger partial charge in [-0.2, -0.15) is 0 Å². The average molecular weight is 517 g/mol. The van der Waals surface area contributed by atoms with E-state index < -0.39 is 6.04 Å². The monoisotopic (exact) mass is 516 g/mol. The summed E-state index contributed by atoms with van der Waals surface area (Å²) in [4.78, 5) is 29.0. The van der Waals surface area contributed by atoms with Crippen molar-refractivity contribution < 1.29 is 19.1 Å². The van der Waals surface area contributed by atoms with Crippen molar-refractivity contribution in [3.8, 4) is 11.5 Å². The van der Waals surface area contributed by atoms with Gasteiger partial charge in [0.05, 0.1) is 13.7 Å². The second-order valence-corrected chi connectivity index (χ2v) is 9.66. The molecule has 1 N–H and O–H groups in total. The Morgan fingerprint density at radius 3 is 2.26 bits per heavy atom. The molecule has 0 aliphatic heterocycles. The van der Waals surface area contributed by atoms with Gasteiger partial charge >= 0.3 is 0 Å². The van der Waals surface area contributed by atoms with Crippen molar-refractivity contribution >= 4 is 11.8 Å². The minimum absolute atomic E-state index is 0.0228. The Hall–Kier alpha value is -3.80. The standard InChI is InChI=1S/C32H40N2O4/c1-5-25(3)33-32(36)30(22-26-12-7-6-8-13-26)34(23-27-14-9-11-24(2)21-27)31(35)15-10-20-38-29-18-16-28(37-4)17-19-29/h6-9,11-14,16-19,21,25,30H,5,10,15,20,22-23H2,1-4H3,(H,33,36)/t25-,30+/m1/s1. The van der Waals surface area contributed by atoms with E-state index in [1.807, 2.05) is 93.6 Å². The van der Waals surface area contributed by atoms with Crippen molar-refractivity contribution in [2.24, 2.45) is 0 Å². The summed E-state index contributed by atoms with van der Waals surface area (Å²) in [6, 6.07) is 24.7. The van der Waals surface area contributed by atoms with Gasteiger partial charge < -0.3 is 19.7 Å². The number of methoxy groups -OCH3 is 1. The van der Waals surface area contributed by atoms with Gasteiger partial charge in [0.2, 0.25) is 11.8 Å². The lowest BCUT2D eigenvalue weighted by molar-refractivity contribution is -0.141. The molecule has 0 spiro atoms. The summed E-state index contributed by atoms with van der Waals surface area (Å²) in [5.41, 5.74) is 3.13. The predicted octanol–water partition coefficient (Wildman–Crippen LogP) is 5.72. The number of hydrogen-bond acceptors (Lipinski definition) is 4. The van der Waals surface area contributed by atoms with Gasteiger partial charge in [-0.3, -0.25) is 9.59 Å². The highest BCUT2D eigenvalue weighted by molar-refractivity contribution is 5.88. The summed E-state index contributed by atoms with van der Waals surface area (Å²) in [6.45, 7) is 6.82. The Morgan fingerprint density at radius 1 is 0.921 bits per heavy atom. The number of nitrogens with zero attached hydrogens (tertiary/aromatic N) is 1. The van der Waals surface area contributed by atoms with Crippen LogP contribution in [0.2, 0.25) is 0 Å². The second-order valence-electron chi connectivity index (χ2n) is 9.66. The number of aryl methyl sites for hydroxylation is 1. The molecule has 0 aliphatic carbocycles. The first-order valence-corrected chi connectivity index (χ1v) is 13.4. The molecule has 6 nitrogen and oxygen atoms in total. The fourth-order valence-electron chi connectivity index (χ4n) is 4.23. The first-order valence-electron chi connectivity index (χ1n) is 13.4. The van der Waals surface area contributed by atoms with E-state index in [9.17, 15) is 9.59 Å². The molecule has 0 aliphatic rings. The first kappa shape index (κ1) is 28.8. The Labute approximate surface area is 227 Å². The van der Waals surface area contributed by atoms with Crippen molar-refractivity contribution in [3.05, 3.63) is 95.6 Å². The Bertz CT molecular complexity index is 1150. The predicted molar refractivity (Wildman–Crippen MR) is 151 cm³/mol. The van der Waals surface area contributed by atoms with E-state index in [0.717, 1.165) is 34.6 Å². The maximum absolute atomic E-state index is 13.7. The third-order valence-electron chi connectivity index (χ3n) is 6.57. The van der Waals surface area contributed by atoms with E-state index in [4.69, 9.17) is 9.47 Å². The molecular weight excluding hydrogens is 476 g/mol. The van der Waals surface area contributed by atoms with Crippen molar-refractivity contribution in [2.45, 2.75) is 65.1 Å². The van der Waals surface area contributed by atoms with Crippen LogP contribution in [0.5, 0.6) is 11.5 Å². The average Bonchev–Trinajstić information content (AvgIpc) is 2.93. The van der Waals surface area contributed by atoms with E-state index in [1.165, 1.54) is 0 Å². The summed E-state index contributed by atoms with van der Waals surface area (Å²) in [6.07, 6.45) is 2.09. The number of rotatable bonds is 14. The molecule has 0 radical (unpaired) electrons. The minimum atomic E-state index is -0.623. The van der Waals surface area contributed by atoms with Gasteiger partial charge in [-0.05, 0) is 62.1 Å². The number of carbonyl (C=O) groups is 2. The lowest BCUT2D eigenvalue weighted by atomic mass is 10.0. The van der Waals surface area contributed by atoms with E-state index in [2.05, 4.69) is 11.4 Å². The van der Waals surface area contributed by atoms with Gasteiger partial charge in [0.1, 0.15) is 17.5 Å². The van der Waals surface area contributed by atoms with Gasteiger partial charge in [-0.25, -0.2) is 0 Å². The van der Waals surface area contributed by atoms with Crippen molar-refractivity contribution in [2.75, 3.05) is 13.7 Å². The van der Waals surface area contributed by atoms with Crippen molar-refractivity contribution in [1.82, 2.24) is 10.2 Å². The number of benzene rings is 3. The van der Waals surface area contributed by atoms with Crippen LogP contribution in [0.3, 0.4) is 0 Å². The van der Waals surface area contributed by atoms with Crippen LogP contribution in [0.1, 0.15) is 49.8 Å². The molecule has 0 aromatic heterocycles. The van der Waals surface area contributed by atoms with Crippen LogP contribution in [-0.2, 0) is 22.6 Å². The maximum atomic E-state index is 13.7. The fourth-order valence-corrected chi connectivity index (χ4v) is 4.23. The normalized spacial score (nSPS) is 12.3. The molecule has 0 heterocycles. The molecule has 3 aromatic carbocycles. The van der Waals surface area contributed by atoms with Gasteiger partial charge in [0, 0.05) is 25.4 Å². The van der Waals surface area contributed by atoms with E-state index >= 15 is 0 Å². The summed E-state index contributed by atoms with van der Waals surface area (Å²) in [5.74, 6) is 1.30. The summed E-state index contributed by atoms with van der Waals surface area (Å²) < 4.78 is 11.0. The lowest BCUT2D eigenvalue weighted by Crippen LogP contribution is -2.52. The molecule has 0 unspecified atom stereocenters. The summed E-state index contributed by atoms with van der Waals surface area (Å²) >= 11 is 0. The molecule has 0 fully saturated rings. The second kappa shape index (κ2) is 14.8. The molecule has 0 saturated heterocycles.